The fourth-order valence-electron chi connectivity index (χ4n) is 3.22. The number of nitrogens with zero attached hydrogens (tertiary/aromatic N) is 1. The highest BCUT2D eigenvalue weighted by molar-refractivity contribution is 7.92. The van der Waals surface area contributed by atoms with E-state index in [2.05, 4.69) is 4.72 Å². The molecule has 31 heavy (non-hydrogen) atoms. The van der Waals surface area contributed by atoms with E-state index in [1.54, 1.807) is 6.92 Å². The molecule has 0 aliphatic carbocycles. The van der Waals surface area contributed by atoms with Gasteiger partial charge in [0, 0.05) is 13.1 Å². The normalized spacial score (nSPS) is 16.3. The smallest absolute Gasteiger partial charge is 0.279 e. The van der Waals surface area contributed by atoms with Gasteiger partial charge in [-0.2, -0.15) is 17.5 Å². The summed E-state index contributed by atoms with van der Waals surface area (Å²) in [6.07, 6.45) is -2.42. The molecule has 12 heteroatoms. The monoisotopic (exact) mass is 496 g/mol. The van der Waals surface area contributed by atoms with Gasteiger partial charge in [0.15, 0.2) is 0 Å². The number of piperidine rings is 1. The lowest BCUT2D eigenvalue weighted by Crippen LogP contribution is -2.35. The Morgan fingerprint density at radius 2 is 1.55 bits per heavy atom. The van der Waals surface area contributed by atoms with Gasteiger partial charge in [-0.15, -0.1) is 0 Å². The molecule has 1 aliphatic rings. The van der Waals surface area contributed by atoms with Crippen LogP contribution in [0.25, 0.3) is 0 Å². The predicted octanol–water partition coefficient (Wildman–Crippen LogP) is 4.64. The molecule has 0 aromatic heterocycles. The first-order valence-electron chi connectivity index (χ1n) is 9.33. The number of hydrogen-bond acceptors (Lipinski definition) is 4. The fourth-order valence-corrected chi connectivity index (χ4v) is 6.13. The summed E-state index contributed by atoms with van der Waals surface area (Å²) in [7, 11) is -8.26. The van der Waals surface area contributed by atoms with Crippen molar-refractivity contribution in [3.05, 3.63) is 52.5 Å². The van der Waals surface area contributed by atoms with Crippen molar-refractivity contribution in [1.82, 2.24) is 4.31 Å². The second kappa shape index (κ2) is 8.61. The summed E-state index contributed by atoms with van der Waals surface area (Å²) in [6, 6.07) is 6.23. The Kier molecular flexibility index (Phi) is 6.62. The van der Waals surface area contributed by atoms with Crippen LogP contribution in [0.3, 0.4) is 0 Å². The molecule has 1 aliphatic heterocycles. The highest BCUT2D eigenvalue weighted by atomic mass is 35.5. The molecule has 0 radical (unpaired) electrons. The molecule has 3 rings (SSSR count). The molecule has 2 aromatic rings. The van der Waals surface area contributed by atoms with Crippen molar-refractivity contribution in [2.45, 2.75) is 42.2 Å². The highest BCUT2D eigenvalue weighted by Crippen LogP contribution is 2.36. The van der Waals surface area contributed by atoms with Crippen molar-refractivity contribution in [3.63, 3.8) is 0 Å². The Bertz CT molecular complexity index is 1190. The summed E-state index contributed by atoms with van der Waals surface area (Å²) in [5.41, 5.74) is -0.914. The van der Waals surface area contributed by atoms with Crippen LogP contribution in [-0.2, 0) is 26.2 Å². The van der Waals surface area contributed by atoms with Gasteiger partial charge in [-0.25, -0.2) is 16.8 Å². The van der Waals surface area contributed by atoms with E-state index in [0.29, 0.717) is 24.7 Å². The molecule has 0 spiro atoms. The van der Waals surface area contributed by atoms with Crippen LogP contribution in [0.15, 0.2) is 46.2 Å². The zero-order valence-corrected chi connectivity index (χ0v) is 18.8. The summed E-state index contributed by atoms with van der Waals surface area (Å²) in [4.78, 5) is -0.738. The van der Waals surface area contributed by atoms with Crippen LogP contribution in [-0.4, -0.2) is 34.2 Å². The third-order valence-electron chi connectivity index (χ3n) is 4.96. The van der Waals surface area contributed by atoms with Gasteiger partial charge in [0.1, 0.15) is 0 Å². The predicted molar refractivity (Wildman–Crippen MR) is 111 cm³/mol. The molecule has 6 nitrogen and oxygen atoms in total. The molecule has 170 valence electrons. The molecule has 1 saturated heterocycles. The van der Waals surface area contributed by atoms with E-state index in [1.165, 1.54) is 22.5 Å². The summed E-state index contributed by atoms with van der Waals surface area (Å²) in [5, 5.41) is -0.628. The Labute approximate surface area is 184 Å². The molecule has 1 fully saturated rings. The lowest BCUT2D eigenvalue weighted by atomic mass is 10.2. The zero-order valence-electron chi connectivity index (χ0n) is 16.4. The topological polar surface area (TPSA) is 83.6 Å². The lowest BCUT2D eigenvalue weighted by Gasteiger charge is -2.26. The molecule has 1 heterocycles. The Hall–Kier alpha value is -1.82. The van der Waals surface area contributed by atoms with Gasteiger partial charge < -0.3 is 0 Å². The second-order valence-electron chi connectivity index (χ2n) is 7.19. The average molecular weight is 497 g/mol. The number of rotatable bonds is 5. The number of aryl methyl sites for hydroxylation is 1. The summed E-state index contributed by atoms with van der Waals surface area (Å²) in [6.45, 7) is 2.31. The molecule has 1 N–H and O–H groups in total. The van der Waals surface area contributed by atoms with Crippen LogP contribution < -0.4 is 4.72 Å². The van der Waals surface area contributed by atoms with Gasteiger partial charge in [0.2, 0.25) is 10.0 Å². The van der Waals surface area contributed by atoms with Crippen LogP contribution in [0, 0.1) is 6.92 Å². The van der Waals surface area contributed by atoms with Crippen LogP contribution in [0.1, 0.15) is 30.4 Å². The molecule has 0 bridgehead atoms. The molecular weight excluding hydrogens is 477 g/mol. The van der Waals surface area contributed by atoms with Crippen molar-refractivity contribution in [1.29, 1.82) is 0 Å². The van der Waals surface area contributed by atoms with Crippen LogP contribution in [0.2, 0.25) is 5.02 Å². The lowest BCUT2D eigenvalue weighted by molar-refractivity contribution is -0.137. The second-order valence-corrected chi connectivity index (χ2v) is 11.2. The Morgan fingerprint density at radius 1 is 0.935 bits per heavy atom. The van der Waals surface area contributed by atoms with Gasteiger partial charge in [-0.1, -0.05) is 24.1 Å². The number of hydrogen-bond donors (Lipinski definition) is 1. The number of halogens is 4. The number of benzene rings is 2. The zero-order chi connectivity index (χ0) is 23.0. The number of nitrogens with one attached hydrogen (secondary N) is 1. The third-order valence-corrected chi connectivity index (χ3v) is 8.55. The van der Waals surface area contributed by atoms with Crippen LogP contribution >= 0.6 is 11.6 Å². The van der Waals surface area contributed by atoms with E-state index in [4.69, 9.17) is 11.6 Å². The van der Waals surface area contributed by atoms with Crippen molar-refractivity contribution in [2.24, 2.45) is 0 Å². The van der Waals surface area contributed by atoms with Gasteiger partial charge in [-0.3, -0.25) is 4.72 Å². The summed E-state index contributed by atoms with van der Waals surface area (Å²) >= 11 is 5.55. The minimum absolute atomic E-state index is 0.0402. The number of anilines is 1. The van der Waals surface area contributed by atoms with Gasteiger partial charge in [0.25, 0.3) is 10.0 Å². The molecule has 0 unspecified atom stereocenters. The Balaban J connectivity index is 1.96. The first kappa shape index (κ1) is 23.8. The van der Waals surface area contributed by atoms with Crippen molar-refractivity contribution in [2.75, 3.05) is 17.8 Å². The SMILES string of the molecule is Cc1ccc(S(=O)(=O)N2CCCCC2)cc1NS(=O)(=O)c1ccc(Cl)c(C(F)(F)F)c1. The van der Waals surface area contributed by atoms with E-state index in [-0.39, 0.29) is 10.6 Å². The number of alkyl halides is 3. The quantitative estimate of drug-likeness (QED) is 0.653. The van der Waals surface area contributed by atoms with E-state index in [0.717, 1.165) is 31.4 Å². The minimum Gasteiger partial charge on any atom is -0.279 e. The van der Waals surface area contributed by atoms with Crippen molar-refractivity contribution < 1.29 is 30.0 Å². The van der Waals surface area contributed by atoms with E-state index >= 15 is 0 Å². The van der Waals surface area contributed by atoms with Crippen LogP contribution in [0.5, 0.6) is 0 Å². The van der Waals surface area contributed by atoms with Gasteiger partial charge in [-0.05, 0) is 55.7 Å². The van der Waals surface area contributed by atoms with E-state index < -0.39 is 41.7 Å². The van der Waals surface area contributed by atoms with Crippen molar-refractivity contribution in [3.8, 4) is 0 Å². The van der Waals surface area contributed by atoms with Crippen molar-refractivity contribution >= 4 is 37.3 Å². The summed E-state index contributed by atoms with van der Waals surface area (Å²) < 4.78 is 94.1. The van der Waals surface area contributed by atoms with E-state index in [1.807, 2.05) is 0 Å². The maximum Gasteiger partial charge on any atom is 0.417 e. The first-order chi connectivity index (χ1) is 14.3. The summed E-state index contributed by atoms with van der Waals surface area (Å²) in [5.74, 6) is 0. The minimum atomic E-state index is -4.83. The fraction of sp³-hybridized carbons (Fsp3) is 0.368. The number of sulfonamides is 2. The van der Waals surface area contributed by atoms with E-state index in [9.17, 15) is 30.0 Å². The highest BCUT2D eigenvalue weighted by Gasteiger charge is 2.34. The van der Waals surface area contributed by atoms with Gasteiger partial charge in [0.05, 0.1) is 26.1 Å². The first-order valence-corrected chi connectivity index (χ1v) is 12.6. The van der Waals surface area contributed by atoms with Crippen LogP contribution in [0.4, 0.5) is 18.9 Å². The molecule has 0 amide bonds. The maximum absolute atomic E-state index is 13.1. The molecule has 0 saturated carbocycles. The average Bonchev–Trinajstić information content (AvgIpc) is 2.69. The maximum atomic E-state index is 13.1. The standard InChI is InChI=1S/C19H20ClF3N2O4S2/c1-13-5-6-15(31(28,29)25-9-3-2-4-10-25)12-18(13)24-30(26,27)14-7-8-17(20)16(11-14)19(21,22)23/h5-8,11-12,24H,2-4,9-10H2,1H3. The molecule has 0 atom stereocenters. The Morgan fingerprint density at radius 3 is 2.16 bits per heavy atom. The van der Waals surface area contributed by atoms with Gasteiger partial charge >= 0.3 is 6.18 Å². The molecular formula is C19H20ClF3N2O4S2. The molecule has 2 aromatic carbocycles. The third kappa shape index (κ3) is 5.16. The largest absolute Gasteiger partial charge is 0.417 e.